The molecule has 1 aliphatic rings. The van der Waals surface area contributed by atoms with Crippen LogP contribution in [0.25, 0.3) is 6.08 Å². The van der Waals surface area contributed by atoms with Crippen molar-refractivity contribution in [3.05, 3.63) is 112 Å². The Bertz CT molecular complexity index is 1410. The Morgan fingerprint density at radius 1 is 0.974 bits per heavy atom. The number of methoxy groups -OCH3 is 1. The van der Waals surface area contributed by atoms with Crippen LogP contribution in [0.1, 0.15) is 36.6 Å². The number of amides is 2. The lowest BCUT2D eigenvalue weighted by Gasteiger charge is -2.18. The molecule has 7 heteroatoms. The number of anilines is 1. The summed E-state index contributed by atoms with van der Waals surface area (Å²) in [5.74, 6) is -0.608. The van der Waals surface area contributed by atoms with Gasteiger partial charge in [-0.3, -0.25) is 14.5 Å². The highest BCUT2D eigenvalue weighted by Gasteiger charge is 2.37. The Labute approximate surface area is 222 Å². The fourth-order valence-electron chi connectivity index (χ4n) is 4.34. The van der Waals surface area contributed by atoms with Crippen molar-refractivity contribution in [1.29, 1.82) is 0 Å². The highest BCUT2D eigenvalue weighted by molar-refractivity contribution is 6.23. The molecule has 1 aliphatic heterocycles. The van der Waals surface area contributed by atoms with Crippen LogP contribution in [-0.4, -0.2) is 31.5 Å². The summed E-state index contributed by atoms with van der Waals surface area (Å²) in [6.45, 7) is 5.46. The van der Waals surface area contributed by atoms with E-state index >= 15 is 0 Å². The van der Waals surface area contributed by atoms with Crippen molar-refractivity contribution in [3.8, 4) is 5.75 Å². The molecule has 0 aromatic heterocycles. The van der Waals surface area contributed by atoms with Crippen molar-refractivity contribution < 1.29 is 23.9 Å². The van der Waals surface area contributed by atoms with Crippen LogP contribution in [0.3, 0.4) is 0 Å². The third kappa shape index (κ3) is 5.83. The first-order valence-electron chi connectivity index (χ1n) is 12.3. The number of carbonyl (C=O) groups excluding carboxylic acids is 3. The minimum Gasteiger partial charge on any atom is -0.484 e. The molecule has 7 nitrogen and oxygen atoms in total. The van der Waals surface area contributed by atoms with E-state index in [-0.39, 0.29) is 35.6 Å². The molecule has 0 spiro atoms. The quantitative estimate of drug-likeness (QED) is 0.336. The lowest BCUT2D eigenvalue weighted by molar-refractivity contribution is -0.136. The third-order valence-corrected chi connectivity index (χ3v) is 6.29. The molecule has 0 fully saturated rings. The van der Waals surface area contributed by atoms with E-state index in [4.69, 9.17) is 9.47 Å². The molecule has 0 saturated heterocycles. The second kappa shape index (κ2) is 11.6. The van der Waals surface area contributed by atoms with Gasteiger partial charge in [0.15, 0.2) is 6.61 Å². The van der Waals surface area contributed by atoms with Crippen molar-refractivity contribution in [3.63, 3.8) is 0 Å². The van der Waals surface area contributed by atoms with Gasteiger partial charge in [0.1, 0.15) is 5.75 Å². The average molecular weight is 511 g/mol. The van der Waals surface area contributed by atoms with Crippen LogP contribution >= 0.6 is 0 Å². The molecule has 3 aromatic rings. The van der Waals surface area contributed by atoms with Crippen molar-refractivity contribution >= 4 is 29.5 Å². The predicted octanol–water partition coefficient (Wildman–Crippen LogP) is 5.13. The van der Waals surface area contributed by atoms with E-state index in [1.165, 1.54) is 12.0 Å². The van der Waals surface area contributed by atoms with Gasteiger partial charge in [-0.05, 0) is 67.8 Å². The lowest BCUT2D eigenvalue weighted by Crippen LogP contribution is -2.31. The summed E-state index contributed by atoms with van der Waals surface area (Å²) in [5.41, 5.74) is 4.37. The molecule has 1 heterocycles. The van der Waals surface area contributed by atoms with E-state index in [0.717, 1.165) is 11.1 Å². The topological polar surface area (TPSA) is 84.9 Å². The normalized spacial score (nSPS) is 15.0. The molecule has 4 rings (SSSR count). The van der Waals surface area contributed by atoms with Gasteiger partial charge in [0.05, 0.1) is 24.3 Å². The summed E-state index contributed by atoms with van der Waals surface area (Å²) in [4.78, 5) is 39.9. The molecule has 0 radical (unpaired) electrons. The maximum Gasteiger partial charge on any atom is 0.340 e. The van der Waals surface area contributed by atoms with Crippen LogP contribution in [0.2, 0.25) is 0 Å². The number of aryl methyl sites for hydroxylation is 1. The Hall–Kier alpha value is -4.65. The predicted molar refractivity (Wildman–Crippen MR) is 146 cm³/mol. The number of rotatable bonds is 8. The first kappa shape index (κ1) is 26.4. The number of nitrogens with zero attached hydrogens (tertiary/aromatic N) is 1. The van der Waals surface area contributed by atoms with E-state index in [2.05, 4.69) is 5.32 Å². The summed E-state index contributed by atoms with van der Waals surface area (Å²) in [5, 5.41) is 2.91. The van der Waals surface area contributed by atoms with Gasteiger partial charge in [-0.25, -0.2) is 4.79 Å². The van der Waals surface area contributed by atoms with Crippen LogP contribution in [0.15, 0.2) is 95.7 Å². The van der Waals surface area contributed by atoms with Crippen LogP contribution in [0.4, 0.5) is 5.69 Å². The number of benzene rings is 3. The molecule has 194 valence electrons. The Morgan fingerprint density at radius 3 is 2.34 bits per heavy atom. The molecule has 0 bridgehead atoms. The van der Waals surface area contributed by atoms with E-state index in [9.17, 15) is 14.4 Å². The molecular formula is C31H30N2O5. The first-order chi connectivity index (χ1) is 18.3. The molecule has 2 amide bonds. The van der Waals surface area contributed by atoms with Gasteiger partial charge >= 0.3 is 5.97 Å². The maximum absolute atomic E-state index is 13.4. The summed E-state index contributed by atoms with van der Waals surface area (Å²) in [6, 6.07) is 24.0. The van der Waals surface area contributed by atoms with Crippen molar-refractivity contribution in [2.24, 2.45) is 0 Å². The van der Waals surface area contributed by atoms with Gasteiger partial charge in [0, 0.05) is 11.4 Å². The molecule has 1 N–H and O–H groups in total. The summed E-state index contributed by atoms with van der Waals surface area (Å²) >= 11 is 0. The number of ether oxygens (including phenoxy) is 2. The van der Waals surface area contributed by atoms with E-state index in [1.807, 2.05) is 68.4 Å². The van der Waals surface area contributed by atoms with Crippen molar-refractivity contribution in [2.75, 3.05) is 18.6 Å². The Balaban J connectivity index is 1.47. The van der Waals surface area contributed by atoms with Gasteiger partial charge in [-0.2, -0.15) is 0 Å². The van der Waals surface area contributed by atoms with Crippen LogP contribution in [0.5, 0.6) is 5.75 Å². The van der Waals surface area contributed by atoms with E-state index in [1.54, 1.807) is 37.3 Å². The SMILES string of the molecule is COC(=O)C1=C(C)N(c2cccc(C)c2)C(=O)/C1=C\c1ccc(OCC(=O)N[C@H](C)c2ccccc2)cc1. The second-order valence-corrected chi connectivity index (χ2v) is 9.05. The monoisotopic (exact) mass is 510 g/mol. The highest BCUT2D eigenvalue weighted by Crippen LogP contribution is 2.35. The molecule has 0 saturated carbocycles. The van der Waals surface area contributed by atoms with E-state index in [0.29, 0.717) is 22.7 Å². The van der Waals surface area contributed by atoms with Crippen molar-refractivity contribution in [2.45, 2.75) is 26.8 Å². The van der Waals surface area contributed by atoms with Gasteiger partial charge in [0.2, 0.25) is 0 Å². The van der Waals surface area contributed by atoms with Gasteiger partial charge < -0.3 is 14.8 Å². The maximum atomic E-state index is 13.4. The first-order valence-corrected chi connectivity index (χ1v) is 12.3. The third-order valence-electron chi connectivity index (χ3n) is 6.29. The van der Waals surface area contributed by atoms with Gasteiger partial charge in [-0.1, -0.05) is 54.6 Å². The zero-order chi connectivity index (χ0) is 27.2. The summed E-state index contributed by atoms with van der Waals surface area (Å²) in [6.07, 6.45) is 1.66. The molecule has 38 heavy (non-hydrogen) atoms. The largest absolute Gasteiger partial charge is 0.484 e. The average Bonchev–Trinajstić information content (AvgIpc) is 3.17. The highest BCUT2D eigenvalue weighted by atomic mass is 16.5. The van der Waals surface area contributed by atoms with E-state index < -0.39 is 5.97 Å². The molecule has 3 aromatic carbocycles. The number of esters is 1. The standard InChI is InChI=1S/C31H30N2O5/c1-20-9-8-12-25(17-20)33-22(3)29(31(36)37-4)27(30(33)35)18-23-13-15-26(16-14-23)38-19-28(34)32-21(2)24-10-6-5-7-11-24/h5-18,21H,19H2,1-4H3,(H,32,34)/b27-18-/t21-/m1/s1. The molecule has 1 atom stereocenters. The molecular weight excluding hydrogens is 480 g/mol. The fraction of sp³-hybridized carbons (Fsp3) is 0.194. The Morgan fingerprint density at radius 2 is 1.68 bits per heavy atom. The van der Waals surface area contributed by atoms with Crippen LogP contribution in [-0.2, 0) is 19.1 Å². The van der Waals surface area contributed by atoms with Crippen LogP contribution < -0.4 is 15.0 Å². The summed E-state index contributed by atoms with van der Waals surface area (Å²) < 4.78 is 10.6. The zero-order valence-electron chi connectivity index (χ0n) is 21.9. The number of carbonyl (C=O) groups is 3. The zero-order valence-corrected chi connectivity index (χ0v) is 21.9. The van der Waals surface area contributed by atoms with Gasteiger partial charge in [-0.15, -0.1) is 0 Å². The number of hydrogen-bond acceptors (Lipinski definition) is 5. The minimum absolute atomic E-state index is 0.129. The summed E-state index contributed by atoms with van der Waals surface area (Å²) in [7, 11) is 1.29. The minimum atomic E-state index is -0.576. The van der Waals surface area contributed by atoms with Crippen LogP contribution in [0, 0.1) is 6.92 Å². The number of nitrogens with one attached hydrogen (secondary N) is 1. The lowest BCUT2D eigenvalue weighted by atomic mass is 10.0. The second-order valence-electron chi connectivity index (χ2n) is 9.05. The van der Waals surface area contributed by atoms with Gasteiger partial charge in [0.25, 0.3) is 11.8 Å². The Kier molecular flexibility index (Phi) is 8.06. The fourth-order valence-corrected chi connectivity index (χ4v) is 4.34. The smallest absolute Gasteiger partial charge is 0.340 e. The number of allylic oxidation sites excluding steroid dienone is 1. The molecule has 0 aliphatic carbocycles. The molecule has 0 unspecified atom stereocenters. The van der Waals surface area contributed by atoms with Crippen molar-refractivity contribution in [1.82, 2.24) is 5.32 Å². The number of hydrogen-bond donors (Lipinski definition) is 1.